The van der Waals surface area contributed by atoms with Crippen molar-refractivity contribution >= 4 is 15.7 Å². The summed E-state index contributed by atoms with van der Waals surface area (Å²) in [5.41, 5.74) is 0. The molecular formula is C6H17GeN. The van der Waals surface area contributed by atoms with E-state index in [-0.39, 0.29) is 15.7 Å². The molecule has 0 saturated carbocycles. The summed E-state index contributed by atoms with van der Waals surface area (Å²) in [5.74, 6) is 0. The molecule has 0 aliphatic rings. The van der Waals surface area contributed by atoms with E-state index in [9.17, 15) is 0 Å². The van der Waals surface area contributed by atoms with Gasteiger partial charge in [0.05, 0.1) is 0 Å². The maximum atomic E-state index is 2.62. The van der Waals surface area contributed by atoms with E-state index in [1.54, 1.807) is 0 Å². The van der Waals surface area contributed by atoms with Gasteiger partial charge in [0.25, 0.3) is 0 Å². The Kier molecular flexibility index (Phi) is 5.99. The number of nitrogens with zero attached hydrogens (tertiary/aromatic N) is 1. The van der Waals surface area contributed by atoms with Crippen molar-refractivity contribution in [2.24, 2.45) is 0 Å². The van der Waals surface area contributed by atoms with Gasteiger partial charge in [-0.25, -0.2) is 0 Å². The summed E-state index contributed by atoms with van der Waals surface area (Å²) in [6, 6.07) is 0. The van der Waals surface area contributed by atoms with Crippen LogP contribution >= 0.6 is 0 Å². The summed E-state index contributed by atoms with van der Waals surface area (Å²) in [7, 11) is 0. The molecule has 0 atom stereocenters. The van der Waals surface area contributed by atoms with Gasteiger partial charge in [-0.05, 0) is 0 Å². The fraction of sp³-hybridized carbons (Fsp3) is 1.00. The summed E-state index contributed by atoms with van der Waals surface area (Å²) in [6.45, 7) is 9.38. The van der Waals surface area contributed by atoms with E-state index < -0.39 is 0 Å². The first kappa shape index (κ1) is 8.50. The van der Waals surface area contributed by atoms with Crippen LogP contribution in [0.3, 0.4) is 0 Å². The SMILES string of the molecule is C[CH2][GeH2][N](CC)CC. The van der Waals surface area contributed by atoms with Crippen molar-refractivity contribution in [2.45, 2.75) is 26.0 Å². The molecule has 50 valence electrons. The van der Waals surface area contributed by atoms with Gasteiger partial charge in [0.1, 0.15) is 0 Å². The van der Waals surface area contributed by atoms with Gasteiger partial charge >= 0.3 is 58.6 Å². The molecule has 0 amide bonds. The van der Waals surface area contributed by atoms with Gasteiger partial charge in [0.2, 0.25) is 0 Å². The second-order valence-corrected chi connectivity index (χ2v) is 6.94. The van der Waals surface area contributed by atoms with Crippen LogP contribution in [-0.2, 0) is 0 Å². The number of hydrogen-bond donors (Lipinski definition) is 0. The molecule has 0 aromatic heterocycles. The summed E-state index contributed by atoms with van der Waals surface area (Å²) in [5, 5.41) is 1.47. The van der Waals surface area contributed by atoms with Gasteiger partial charge in [-0.15, -0.1) is 0 Å². The maximum absolute atomic E-state index is 2.62. The van der Waals surface area contributed by atoms with Gasteiger partial charge in [-0.1, -0.05) is 0 Å². The molecule has 0 aromatic rings. The first-order chi connectivity index (χ1) is 3.85. The Hall–Kier alpha value is 0.503. The molecule has 0 heterocycles. The average molecular weight is 176 g/mol. The fourth-order valence-electron chi connectivity index (χ4n) is 0.856. The Balaban J connectivity index is 3.07. The number of rotatable bonds is 4. The van der Waals surface area contributed by atoms with Crippen molar-refractivity contribution in [3.63, 3.8) is 0 Å². The quantitative estimate of drug-likeness (QED) is 0.573. The molecule has 1 nitrogen and oxygen atoms in total. The summed E-state index contributed by atoms with van der Waals surface area (Å²) in [6.07, 6.45) is 0. The summed E-state index contributed by atoms with van der Waals surface area (Å²) in [4.78, 5) is 0. The van der Waals surface area contributed by atoms with Crippen LogP contribution in [0.25, 0.3) is 0 Å². The topological polar surface area (TPSA) is 3.24 Å². The van der Waals surface area contributed by atoms with Crippen LogP contribution in [-0.4, -0.2) is 32.6 Å². The van der Waals surface area contributed by atoms with E-state index in [0.717, 1.165) is 0 Å². The normalized spacial score (nSPS) is 12.0. The molecule has 0 aliphatic carbocycles. The molecule has 0 N–H and O–H groups in total. The van der Waals surface area contributed by atoms with Gasteiger partial charge < -0.3 is 0 Å². The molecule has 2 heteroatoms. The Bertz CT molecular complexity index is 43.8. The van der Waals surface area contributed by atoms with Gasteiger partial charge in [0, 0.05) is 0 Å². The van der Waals surface area contributed by atoms with Crippen LogP contribution in [0.1, 0.15) is 20.8 Å². The third-order valence-electron chi connectivity index (χ3n) is 1.43. The monoisotopic (exact) mass is 177 g/mol. The second kappa shape index (κ2) is 5.64. The molecule has 8 heavy (non-hydrogen) atoms. The molecular weight excluding hydrogens is 159 g/mol. The van der Waals surface area contributed by atoms with Crippen molar-refractivity contribution in [3.05, 3.63) is 0 Å². The van der Waals surface area contributed by atoms with E-state index in [1.807, 2.05) is 0 Å². The van der Waals surface area contributed by atoms with Crippen molar-refractivity contribution in [1.82, 2.24) is 3.86 Å². The molecule has 0 radical (unpaired) electrons. The minimum atomic E-state index is -0.212. The third-order valence-corrected chi connectivity index (χ3v) is 5.58. The fourth-order valence-corrected chi connectivity index (χ4v) is 3.51. The van der Waals surface area contributed by atoms with Gasteiger partial charge in [0.15, 0.2) is 0 Å². The molecule has 0 aromatic carbocycles. The molecule has 0 aliphatic heterocycles. The van der Waals surface area contributed by atoms with Gasteiger partial charge in [-0.3, -0.25) is 0 Å². The van der Waals surface area contributed by atoms with E-state index in [1.165, 1.54) is 18.3 Å². The Morgan fingerprint density at radius 1 is 1.12 bits per heavy atom. The summed E-state index contributed by atoms with van der Waals surface area (Å²) < 4.78 is 2.62. The molecule has 0 saturated heterocycles. The van der Waals surface area contributed by atoms with E-state index in [4.69, 9.17) is 0 Å². The van der Waals surface area contributed by atoms with Crippen LogP contribution in [0, 0.1) is 0 Å². The van der Waals surface area contributed by atoms with Crippen molar-refractivity contribution in [2.75, 3.05) is 13.1 Å². The predicted molar refractivity (Wildman–Crippen MR) is 41.9 cm³/mol. The average Bonchev–Trinajstić information content (AvgIpc) is 1.83. The predicted octanol–water partition coefficient (Wildman–Crippen LogP) is 0.850. The Morgan fingerprint density at radius 2 is 1.62 bits per heavy atom. The molecule has 0 spiro atoms. The Labute approximate surface area is 59.1 Å². The van der Waals surface area contributed by atoms with Crippen LogP contribution in [0.15, 0.2) is 0 Å². The van der Waals surface area contributed by atoms with Crippen LogP contribution < -0.4 is 0 Å². The standard InChI is InChI=1S/C6H17GeN/c1-4-7-8(5-2)6-3/h4-7H2,1-3H3. The molecule has 0 unspecified atom stereocenters. The molecule has 0 rings (SSSR count). The minimum absolute atomic E-state index is 0.212. The Morgan fingerprint density at radius 3 is 1.75 bits per heavy atom. The van der Waals surface area contributed by atoms with E-state index >= 15 is 0 Å². The number of hydrogen-bond acceptors (Lipinski definition) is 1. The summed E-state index contributed by atoms with van der Waals surface area (Å²) >= 11 is -0.212. The first-order valence-corrected chi connectivity index (χ1v) is 7.00. The second-order valence-electron chi connectivity index (χ2n) is 2.03. The molecule has 0 fully saturated rings. The van der Waals surface area contributed by atoms with Gasteiger partial charge in [-0.2, -0.15) is 0 Å². The van der Waals surface area contributed by atoms with E-state index in [2.05, 4.69) is 24.6 Å². The van der Waals surface area contributed by atoms with Crippen LogP contribution in [0.5, 0.6) is 0 Å². The van der Waals surface area contributed by atoms with Crippen molar-refractivity contribution in [1.29, 1.82) is 0 Å². The zero-order valence-corrected chi connectivity index (χ0v) is 9.24. The first-order valence-electron chi connectivity index (χ1n) is 3.57. The third kappa shape index (κ3) is 3.50. The van der Waals surface area contributed by atoms with Crippen molar-refractivity contribution in [3.8, 4) is 0 Å². The molecule has 0 bridgehead atoms. The zero-order valence-electron chi connectivity index (χ0n) is 6.28. The van der Waals surface area contributed by atoms with Crippen molar-refractivity contribution < 1.29 is 0 Å². The van der Waals surface area contributed by atoms with Crippen LogP contribution in [0.4, 0.5) is 0 Å². The van der Waals surface area contributed by atoms with E-state index in [0.29, 0.717) is 0 Å². The van der Waals surface area contributed by atoms with Crippen LogP contribution in [0.2, 0.25) is 5.25 Å². The zero-order chi connectivity index (χ0) is 6.41.